The first kappa shape index (κ1) is 22.8. The van der Waals surface area contributed by atoms with Gasteiger partial charge in [-0.15, -0.1) is 22.6 Å². The Bertz CT molecular complexity index is 809. The van der Waals surface area contributed by atoms with Gasteiger partial charge in [0.25, 0.3) is 0 Å². The van der Waals surface area contributed by atoms with E-state index in [1.54, 1.807) is 0 Å². The molecule has 10 heteroatoms. The van der Waals surface area contributed by atoms with Crippen LogP contribution in [0.1, 0.15) is 31.2 Å². The number of amides is 2. The Kier molecular flexibility index (Phi) is 8.53. The molecule has 0 bridgehead atoms. The first-order valence-corrected chi connectivity index (χ1v) is 9.68. The number of carbonyl (C=O) groups is 2. The van der Waals surface area contributed by atoms with Crippen LogP contribution in [-0.4, -0.2) is 62.6 Å². The van der Waals surface area contributed by atoms with Crippen LogP contribution in [0.15, 0.2) is 24.3 Å². The molecule has 1 fully saturated rings. The van der Waals surface area contributed by atoms with E-state index in [4.69, 9.17) is 5.73 Å². The van der Waals surface area contributed by atoms with Gasteiger partial charge in [0.1, 0.15) is 6.54 Å². The second kappa shape index (κ2) is 10.9. The fourth-order valence-corrected chi connectivity index (χ4v) is 3.33. The Balaban J connectivity index is 0.00000300. The first-order chi connectivity index (χ1) is 13.6. The number of halogens is 1. The summed E-state index contributed by atoms with van der Waals surface area (Å²) in [7, 11) is 0. The maximum atomic E-state index is 12.8. The van der Waals surface area contributed by atoms with Crippen molar-refractivity contribution in [3.05, 3.63) is 29.8 Å². The number of hydrogen-bond donors (Lipinski definition) is 2. The van der Waals surface area contributed by atoms with Gasteiger partial charge >= 0.3 is 0 Å². The molecular formula is C19H28ClN7O2. The highest BCUT2D eigenvalue weighted by Crippen LogP contribution is 2.18. The maximum absolute atomic E-state index is 12.8. The molecule has 3 N–H and O–H groups in total. The molecule has 1 atom stereocenters. The van der Waals surface area contributed by atoms with Crippen molar-refractivity contribution in [2.24, 2.45) is 5.73 Å². The smallest absolute Gasteiger partial charge is 0.246 e. The normalized spacial score (nSPS) is 16.2. The van der Waals surface area contributed by atoms with Gasteiger partial charge in [0.05, 0.1) is 0 Å². The lowest BCUT2D eigenvalue weighted by Gasteiger charge is -2.35. The number of piperidine rings is 1. The van der Waals surface area contributed by atoms with Crippen LogP contribution < -0.4 is 11.1 Å². The lowest BCUT2D eigenvalue weighted by molar-refractivity contribution is -0.136. The third-order valence-corrected chi connectivity index (χ3v) is 4.89. The second-order valence-corrected chi connectivity index (χ2v) is 7.09. The van der Waals surface area contributed by atoms with Gasteiger partial charge in [0.2, 0.25) is 17.6 Å². The van der Waals surface area contributed by atoms with E-state index in [9.17, 15) is 9.59 Å². The summed E-state index contributed by atoms with van der Waals surface area (Å²) in [6.45, 7) is 3.49. The SMILES string of the molecule is Cc1ccc(-c2nnn(CC(=O)N3CCCCC3CNC(=O)CCN)n2)cc1.Cl. The number of hydrogen-bond acceptors (Lipinski definition) is 6. The molecule has 3 rings (SSSR count). The number of carbonyl (C=O) groups excluding carboxylic acids is 2. The van der Waals surface area contributed by atoms with Crippen molar-refractivity contribution in [2.45, 2.75) is 45.2 Å². The van der Waals surface area contributed by atoms with E-state index >= 15 is 0 Å². The lowest BCUT2D eigenvalue weighted by Crippen LogP contribution is -2.50. The molecule has 1 unspecified atom stereocenters. The number of aryl methyl sites for hydroxylation is 1. The molecule has 2 amide bonds. The molecule has 1 aliphatic heterocycles. The molecule has 0 saturated carbocycles. The van der Waals surface area contributed by atoms with Gasteiger partial charge in [-0.1, -0.05) is 29.8 Å². The molecule has 2 heterocycles. The molecule has 0 aliphatic carbocycles. The van der Waals surface area contributed by atoms with Gasteiger partial charge in [-0.3, -0.25) is 9.59 Å². The number of benzene rings is 1. The summed E-state index contributed by atoms with van der Waals surface area (Å²) in [6.07, 6.45) is 3.16. The zero-order chi connectivity index (χ0) is 19.9. The average molecular weight is 422 g/mol. The monoisotopic (exact) mass is 421 g/mol. The number of likely N-dealkylation sites (tertiary alicyclic amines) is 1. The zero-order valence-electron chi connectivity index (χ0n) is 16.6. The van der Waals surface area contributed by atoms with Crippen LogP contribution >= 0.6 is 12.4 Å². The van der Waals surface area contributed by atoms with E-state index in [0.29, 0.717) is 31.9 Å². The average Bonchev–Trinajstić information content (AvgIpc) is 3.16. The molecule has 0 radical (unpaired) electrons. The molecule has 158 valence electrons. The number of tetrazole rings is 1. The minimum Gasteiger partial charge on any atom is -0.354 e. The summed E-state index contributed by atoms with van der Waals surface area (Å²) in [4.78, 5) is 27.6. The highest BCUT2D eigenvalue weighted by atomic mass is 35.5. The third kappa shape index (κ3) is 6.23. The summed E-state index contributed by atoms with van der Waals surface area (Å²) >= 11 is 0. The van der Waals surface area contributed by atoms with Gasteiger partial charge in [-0.2, -0.15) is 4.80 Å². The molecule has 0 spiro atoms. The summed E-state index contributed by atoms with van der Waals surface area (Å²) < 4.78 is 0. The van der Waals surface area contributed by atoms with Crippen LogP contribution in [0, 0.1) is 6.92 Å². The predicted molar refractivity (Wildman–Crippen MR) is 111 cm³/mol. The van der Waals surface area contributed by atoms with Crippen LogP contribution in [0.2, 0.25) is 0 Å². The van der Waals surface area contributed by atoms with Crippen molar-refractivity contribution < 1.29 is 9.59 Å². The van der Waals surface area contributed by atoms with Crippen molar-refractivity contribution >= 4 is 24.2 Å². The van der Waals surface area contributed by atoms with Crippen molar-refractivity contribution in [2.75, 3.05) is 19.6 Å². The molecule has 2 aromatic rings. The number of nitrogens with zero attached hydrogens (tertiary/aromatic N) is 5. The number of aromatic nitrogens is 4. The molecule has 1 aromatic carbocycles. The largest absolute Gasteiger partial charge is 0.354 e. The van der Waals surface area contributed by atoms with Gasteiger partial charge < -0.3 is 16.0 Å². The maximum Gasteiger partial charge on any atom is 0.246 e. The molecule has 1 aliphatic rings. The number of nitrogens with two attached hydrogens (primary N) is 1. The fraction of sp³-hybridized carbons (Fsp3) is 0.526. The highest BCUT2D eigenvalue weighted by molar-refractivity contribution is 5.85. The Morgan fingerprint density at radius 2 is 2.00 bits per heavy atom. The van der Waals surface area contributed by atoms with Gasteiger partial charge in [-0.25, -0.2) is 0 Å². The predicted octanol–water partition coefficient (Wildman–Crippen LogP) is 0.916. The van der Waals surface area contributed by atoms with Crippen molar-refractivity contribution in [3.8, 4) is 11.4 Å². The third-order valence-electron chi connectivity index (χ3n) is 4.89. The fourth-order valence-electron chi connectivity index (χ4n) is 3.33. The van der Waals surface area contributed by atoms with Gasteiger partial charge in [-0.05, 0) is 31.4 Å². The number of nitrogens with one attached hydrogen (secondary N) is 1. The van der Waals surface area contributed by atoms with E-state index < -0.39 is 0 Å². The minimum atomic E-state index is -0.0823. The van der Waals surface area contributed by atoms with E-state index in [2.05, 4.69) is 20.7 Å². The van der Waals surface area contributed by atoms with Crippen LogP contribution in [0.25, 0.3) is 11.4 Å². The lowest BCUT2D eigenvalue weighted by atomic mass is 10.0. The summed E-state index contributed by atoms with van der Waals surface area (Å²) in [6, 6.07) is 7.83. The summed E-state index contributed by atoms with van der Waals surface area (Å²) in [5.41, 5.74) is 7.42. The van der Waals surface area contributed by atoms with E-state index in [0.717, 1.165) is 30.4 Å². The number of rotatable bonds is 7. The van der Waals surface area contributed by atoms with Crippen molar-refractivity contribution in [1.82, 2.24) is 30.4 Å². The quantitative estimate of drug-likeness (QED) is 0.686. The van der Waals surface area contributed by atoms with Gasteiger partial charge in [0, 0.05) is 37.7 Å². The molecular weight excluding hydrogens is 394 g/mol. The molecule has 1 saturated heterocycles. The molecule has 9 nitrogen and oxygen atoms in total. The van der Waals surface area contributed by atoms with Crippen molar-refractivity contribution in [1.29, 1.82) is 0 Å². The topological polar surface area (TPSA) is 119 Å². The highest BCUT2D eigenvalue weighted by Gasteiger charge is 2.27. The Morgan fingerprint density at radius 3 is 2.72 bits per heavy atom. The van der Waals surface area contributed by atoms with Crippen LogP contribution in [0.4, 0.5) is 0 Å². The Hall–Kier alpha value is -2.52. The second-order valence-electron chi connectivity index (χ2n) is 7.09. The minimum absolute atomic E-state index is 0. The molecule has 29 heavy (non-hydrogen) atoms. The van der Waals surface area contributed by atoms with Crippen LogP contribution in [0.5, 0.6) is 0 Å². The Labute approximate surface area is 176 Å². The van der Waals surface area contributed by atoms with Gasteiger partial charge in [0.15, 0.2) is 0 Å². The zero-order valence-corrected chi connectivity index (χ0v) is 17.4. The van der Waals surface area contributed by atoms with E-state index in [1.165, 1.54) is 4.80 Å². The van der Waals surface area contributed by atoms with E-state index in [1.807, 2.05) is 36.1 Å². The van der Waals surface area contributed by atoms with Crippen LogP contribution in [0.3, 0.4) is 0 Å². The van der Waals surface area contributed by atoms with Crippen LogP contribution in [-0.2, 0) is 16.1 Å². The summed E-state index contributed by atoms with van der Waals surface area (Å²) in [5, 5.41) is 15.3. The molecule has 1 aromatic heterocycles. The summed E-state index contributed by atoms with van der Waals surface area (Å²) in [5.74, 6) is 0.351. The first-order valence-electron chi connectivity index (χ1n) is 9.68. The Morgan fingerprint density at radius 1 is 1.24 bits per heavy atom. The standard InChI is InChI=1S/C19H27N7O2.ClH/c1-14-5-7-15(8-6-14)19-22-24-26(23-19)13-18(28)25-11-3-2-4-16(25)12-21-17(27)9-10-20;/h5-8,16H,2-4,9-13,20H2,1H3,(H,21,27);1H. The van der Waals surface area contributed by atoms with E-state index in [-0.39, 0.29) is 36.8 Å². The van der Waals surface area contributed by atoms with Crippen molar-refractivity contribution in [3.63, 3.8) is 0 Å².